The first-order valence-corrected chi connectivity index (χ1v) is 5.94. The average Bonchev–Trinajstić information content (AvgIpc) is 1.79. The van der Waals surface area contributed by atoms with E-state index < -0.39 is 14.6 Å². The maximum absolute atomic E-state index is 11.6. The summed E-state index contributed by atoms with van der Waals surface area (Å²) in [7, 11) is -3.11. The predicted octanol–water partition coefficient (Wildman–Crippen LogP) is 2.76. The lowest BCUT2D eigenvalue weighted by molar-refractivity contribution is 0.540. The van der Waals surface area contributed by atoms with Gasteiger partial charge in [0.05, 0.1) is 4.75 Å². The number of hydrogen-bond donors (Lipinski definition) is 0. The van der Waals surface area contributed by atoms with Crippen LogP contribution in [0.25, 0.3) is 0 Å². The van der Waals surface area contributed by atoms with Crippen molar-refractivity contribution in [2.24, 2.45) is 5.41 Å². The SMILES string of the molecule is CC(C)(C)/C=C/S(=O)(=O)C(C)(C)C. The van der Waals surface area contributed by atoms with Crippen LogP contribution in [0.2, 0.25) is 0 Å². The van der Waals surface area contributed by atoms with E-state index in [2.05, 4.69) is 0 Å². The Kier molecular flexibility index (Phi) is 3.36. The van der Waals surface area contributed by atoms with Crippen molar-refractivity contribution >= 4 is 9.84 Å². The van der Waals surface area contributed by atoms with E-state index in [9.17, 15) is 8.42 Å². The predicted molar refractivity (Wildman–Crippen MR) is 57.3 cm³/mol. The summed E-state index contributed by atoms with van der Waals surface area (Å²) in [6.45, 7) is 11.0. The summed E-state index contributed by atoms with van der Waals surface area (Å²) in [4.78, 5) is 0. The summed E-state index contributed by atoms with van der Waals surface area (Å²) < 4.78 is 22.5. The molecule has 0 amide bonds. The molecule has 0 aromatic rings. The molecule has 0 saturated heterocycles. The molecule has 0 aromatic carbocycles. The molecule has 0 spiro atoms. The Hall–Kier alpha value is -0.310. The fourth-order valence-electron chi connectivity index (χ4n) is 0.498. The van der Waals surface area contributed by atoms with Crippen molar-refractivity contribution in [2.45, 2.75) is 46.3 Å². The topological polar surface area (TPSA) is 34.1 Å². The Morgan fingerprint density at radius 1 is 0.923 bits per heavy atom. The van der Waals surface area contributed by atoms with Crippen LogP contribution in [0.15, 0.2) is 11.5 Å². The van der Waals surface area contributed by atoms with E-state index in [1.165, 1.54) is 5.41 Å². The number of hydrogen-bond acceptors (Lipinski definition) is 2. The summed E-state index contributed by atoms with van der Waals surface area (Å²) in [5.74, 6) is 0. The second-order valence-electron chi connectivity index (χ2n) is 5.33. The first-order chi connectivity index (χ1) is 5.46. The van der Waals surface area contributed by atoms with Crippen molar-refractivity contribution in [1.82, 2.24) is 0 Å². The summed E-state index contributed by atoms with van der Waals surface area (Å²) in [6.07, 6.45) is 1.73. The maximum atomic E-state index is 11.6. The van der Waals surface area contributed by atoms with E-state index in [0.717, 1.165) is 0 Å². The second-order valence-corrected chi connectivity index (χ2v) is 7.91. The lowest BCUT2D eigenvalue weighted by atomic mass is 9.98. The van der Waals surface area contributed by atoms with Crippen molar-refractivity contribution in [3.05, 3.63) is 11.5 Å². The molecule has 0 rings (SSSR count). The zero-order chi connectivity index (χ0) is 10.9. The Balaban J connectivity index is 4.85. The standard InChI is InChI=1S/C10H20O2S/c1-9(2,3)7-8-13(11,12)10(4,5)6/h7-8H,1-6H3/b8-7+. The minimum absolute atomic E-state index is 0.0850. The van der Waals surface area contributed by atoms with Crippen LogP contribution in [0.1, 0.15) is 41.5 Å². The van der Waals surface area contributed by atoms with Gasteiger partial charge in [0.25, 0.3) is 0 Å². The molecule has 78 valence electrons. The summed E-state index contributed by atoms with van der Waals surface area (Å²) >= 11 is 0. The Morgan fingerprint density at radius 3 is 1.54 bits per heavy atom. The summed E-state index contributed by atoms with van der Waals surface area (Å²) in [5, 5.41) is 1.33. The highest BCUT2D eigenvalue weighted by atomic mass is 32.2. The van der Waals surface area contributed by atoms with Crippen molar-refractivity contribution in [1.29, 1.82) is 0 Å². The van der Waals surface area contributed by atoms with Gasteiger partial charge in [0.15, 0.2) is 9.84 Å². The highest BCUT2D eigenvalue weighted by molar-refractivity contribution is 7.95. The molecule has 0 aliphatic carbocycles. The smallest absolute Gasteiger partial charge is 0.176 e. The van der Waals surface area contributed by atoms with Crippen LogP contribution < -0.4 is 0 Å². The zero-order valence-corrected chi connectivity index (χ0v) is 10.2. The van der Waals surface area contributed by atoms with Crippen LogP contribution in [-0.2, 0) is 9.84 Å². The quantitative estimate of drug-likeness (QED) is 0.658. The van der Waals surface area contributed by atoms with Crippen LogP contribution in [0.3, 0.4) is 0 Å². The van der Waals surface area contributed by atoms with Crippen molar-refractivity contribution in [3.63, 3.8) is 0 Å². The van der Waals surface area contributed by atoms with Crippen molar-refractivity contribution in [2.75, 3.05) is 0 Å². The van der Waals surface area contributed by atoms with E-state index in [1.807, 2.05) is 20.8 Å². The largest absolute Gasteiger partial charge is 0.224 e. The molecule has 0 aliphatic heterocycles. The zero-order valence-electron chi connectivity index (χ0n) is 9.38. The molecule has 0 atom stereocenters. The maximum Gasteiger partial charge on any atom is 0.176 e. The molecule has 0 fully saturated rings. The Morgan fingerprint density at radius 2 is 1.31 bits per heavy atom. The van der Waals surface area contributed by atoms with Gasteiger partial charge in [-0.05, 0) is 26.2 Å². The van der Waals surface area contributed by atoms with Gasteiger partial charge >= 0.3 is 0 Å². The molecule has 0 heterocycles. The highest BCUT2D eigenvalue weighted by Gasteiger charge is 2.26. The minimum atomic E-state index is -3.11. The van der Waals surface area contributed by atoms with E-state index in [1.54, 1.807) is 26.8 Å². The normalized spacial score (nSPS) is 15.2. The van der Waals surface area contributed by atoms with E-state index in [-0.39, 0.29) is 5.41 Å². The third-order valence-corrected chi connectivity index (χ3v) is 3.80. The minimum Gasteiger partial charge on any atom is -0.224 e. The molecule has 0 aliphatic rings. The van der Waals surface area contributed by atoms with E-state index in [0.29, 0.717) is 0 Å². The molecule has 0 saturated carbocycles. The van der Waals surface area contributed by atoms with Gasteiger partial charge in [-0.25, -0.2) is 8.42 Å². The van der Waals surface area contributed by atoms with Gasteiger partial charge in [-0.3, -0.25) is 0 Å². The number of rotatable bonds is 1. The molecule has 0 unspecified atom stereocenters. The molecule has 0 aromatic heterocycles. The highest BCUT2D eigenvalue weighted by Crippen LogP contribution is 2.21. The van der Waals surface area contributed by atoms with Gasteiger partial charge in [0, 0.05) is 5.41 Å². The van der Waals surface area contributed by atoms with Crippen LogP contribution in [0.4, 0.5) is 0 Å². The van der Waals surface area contributed by atoms with Gasteiger partial charge < -0.3 is 0 Å². The molecule has 3 heteroatoms. The lowest BCUT2D eigenvalue weighted by Gasteiger charge is -2.18. The van der Waals surface area contributed by atoms with Gasteiger partial charge in [-0.15, -0.1) is 0 Å². The fraction of sp³-hybridized carbons (Fsp3) is 0.800. The first kappa shape index (κ1) is 12.7. The third kappa shape index (κ3) is 4.46. The molecule has 0 bridgehead atoms. The van der Waals surface area contributed by atoms with Gasteiger partial charge in [0.1, 0.15) is 0 Å². The van der Waals surface area contributed by atoms with Gasteiger partial charge in [0.2, 0.25) is 0 Å². The van der Waals surface area contributed by atoms with Crippen LogP contribution in [0.5, 0.6) is 0 Å². The third-order valence-electron chi connectivity index (χ3n) is 1.60. The fourth-order valence-corrected chi connectivity index (χ4v) is 1.49. The number of allylic oxidation sites excluding steroid dienone is 1. The molecule has 0 N–H and O–H groups in total. The number of sulfone groups is 1. The molecule has 0 radical (unpaired) electrons. The Labute approximate surface area is 82.0 Å². The summed E-state index contributed by atoms with van der Waals surface area (Å²) in [6, 6.07) is 0. The van der Waals surface area contributed by atoms with Gasteiger partial charge in [-0.2, -0.15) is 0 Å². The monoisotopic (exact) mass is 204 g/mol. The molecular weight excluding hydrogens is 184 g/mol. The van der Waals surface area contributed by atoms with E-state index in [4.69, 9.17) is 0 Å². The lowest BCUT2D eigenvalue weighted by Crippen LogP contribution is -2.25. The van der Waals surface area contributed by atoms with E-state index >= 15 is 0 Å². The van der Waals surface area contributed by atoms with Crippen molar-refractivity contribution in [3.8, 4) is 0 Å². The molecule has 2 nitrogen and oxygen atoms in total. The van der Waals surface area contributed by atoms with Crippen LogP contribution in [-0.4, -0.2) is 13.2 Å². The van der Waals surface area contributed by atoms with Crippen LogP contribution in [0, 0.1) is 5.41 Å². The molecule has 13 heavy (non-hydrogen) atoms. The summed E-state index contributed by atoms with van der Waals surface area (Å²) in [5.41, 5.74) is -0.0850. The second kappa shape index (κ2) is 3.45. The first-order valence-electron chi connectivity index (χ1n) is 4.40. The molecular formula is C10H20O2S. The van der Waals surface area contributed by atoms with Gasteiger partial charge in [-0.1, -0.05) is 26.8 Å². The van der Waals surface area contributed by atoms with Crippen LogP contribution >= 0.6 is 0 Å². The average molecular weight is 204 g/mol. The van der Waals surface area contributed by atoms with Crippen molar-refractivity contribution < 1.29 is 8.42 Å². The Bertz CT molecular complexity index is 284.